The third-order valence-electron chi connectivity index (χ3n) is 2.60. The molecule has 1 amide bonds. The van der Waals surface area contributed by atoms with Crippen LogP contribution in [-0.2, 0) is 0 Å². The lowest BCUT2D eigenvalue weighted by molar-refractivity contribution is 0.0955. The van der Waals surface area contributed by atoms with E-state index in [1.165, 1.54) is 6.21 Å². The molecule has 0 aliphatic carbocycles. The third-order valence-corrected chi connectivity index (χ3v) is 2.60. The van der Waals surface area contributed by atoms with E-state index >= 15 is 0 Å². The molecule has 0 fully saturated rings. The summed E-state index contributed by atoms with van der Waals surface area (Å²) in [6, 6.07) is 13.3. The molecule has 2 N–H and O–H groups in total. The molecule has 2 aromatic rings. The summed E-state index contributed by atoms with van der Waals surface area (Å²) in [6.45, 7) is 0. The Hall–Kier alpha value is -2.82. The van der Waals surface area contributed by atoms with Gasteiger partial charge in [0.2, 0.25) is 0 Å². The van der Waals surface area contributed by atoms with E-state index in [-0.39, 0.29) is 11.7 Å². The Kier molecular flexibility index (Phi) is 4.34. The predicted octanol–water partition coefficient (Wildman–Crippen LogP) is 2.16. The van der Waals surface area contributed by atoms with E-state index in [2.05, 4.69) is 10.5 Å². The van der Waals surface area contributed by atoms with Crippen LogP contribution in [0.1, 0.15) is 15.9 Å². The van der Waals surface area contributed by atoms with E-state index in [1.54, 1.807) is 55.6 Å². The van der Waals surface area contributed by atoms with Gasteiger partial charge >= 0.3 is 0 Å². The lowest BCUT2D eigenvalue weighted by Crippen LogP contribution is -2.17. The zero-order valence-corrected chi connectivity index (χ0v) is 10.9. The van der Waals surface area contributed by atoms with Crippen LogP contribution in [0.2, 0.25) is 0 Å². The van der Waals surface area contributed by atoms with Crippen molar-refractivity contribution in [1.29, 1.82) is 0 Å². The molecule has 20 heavy (non-hydrogen) atoms. The first kappa shape index (κ1) is 13.6. The molecule has 0 heterocycles. The molecule has 0 aromatic heterocycles. The molecule has 5 nitrogen and oxygen atoms in total. The second kappa shape index (κ2) is 6.38. The Morgan fingerprint density at radius 2 is 2.00 bits per heavy atom. The molecule has 0 radical (unpaired) electrons. The molecule has 0 spiro atoms. The van der Waals surface area contributed by atoms with Crippen LogP contribution in [-0.4, -0.2) is 24.3 Å². The van der Waals surface area contributed by atoms with E-state index in [0.29, 0.717) is 11.3 Å². The van der Waals surface area contributed by atoms with Crippen molar-refractivity contribution in [2.45, 2.75) is 0 Å². The number of carbonyl (C=O) groups excluding carboxylic acids is 1. The Labute approximate surface area is 116 Å². The van der Waals surface area contributed by atoms with Crippen molar-refractivity contribution in [2.24, 2.45) is 5.10 Å². The number of rotatable bonds is 4. The summed E-state index contributed by atoms with van der Waals surface area (Å²) in [5.74, 6) is 0.474. The van der Waals surface area contributed by atoms with Crippen LogP contribution in [0, 0.1) is 0 Å². The van der Waals surface area contributed by atoms with Crippen LogP contribution in [0.25, 0.3) is 0 Å². The number of carbonyl (C=O) groups is 1. The number of nitrogens with zero attached hydrogens (tertiary/aromatic N) is 1. The van der Waals surface area contributed by atoms with Crippen LogP contribution in [0.3, 0.4) is 0 Å². The van der Waals surface area contributed by atoms with Crippen LogP contribution in [0.15, 0.2) is 53.6 Å². The minimum atomic E-state index is -0.320. The van der Waals surface area contributed by atoms with Gasteiger partial charge in [0.15, 0.2) is 0 Å². The molecule has 2 aromatic carbocycles. The van der Waals surface area contributed by atoms with Crippen molar-refractivity contribution in [1.82, 2.24) is 5.43 Å². The lowest BCUT2D eigenvalue weighted by Gasteiger charge is -2.02. The van der Waals surface area contributed by atoms with Crippen LogP contribution in [0.5, 0.6) is 11.5 Å². The smallest absolute Gasteiger partial charge is 0.271 e. The summed E-state index contributed by atoms with van der Waals surface area (Å²) < 4.78 is 5.05. The van der Waals surface area contributed by atoms with Gasteiger partial charge in [-0.1, -0.05) is 6.07 Å². The van der Waals surface area contributed by atoms with Gasteiger partial charge in [-0.3, -0.25) is 4.79 Å². The summed E-state index contributed by atoms with van der Waals surface area (Å²) in [5, 5.41) is 13.0. The molecule has 0 bridgehead atoms. The van der Waals surface area contributed by atoms with E-state index in [4.69, 9.17) is 9.84 Å². The number of amides is 1. The van der Waals surface area contributed by atoms with Crippen molar-refractivity contribution in [3.05, 3.63) is 59.7 Å². The number of benzene rings is 2. The normalized spacial score (nSPS) is 10.4. The van der Waals surface area contributed by atoms with Crippen molar-refractivity contribution in [2.75, 3.05) is 7.11 Å². The van der Waals surface area contributed by atoms with Crippen molar-refractivity contribution < 1.29 is 14.6 Å². The first-order valence-corrected chi connectivity index (χ1v) is 5.95. The number of hydrogen-bond donors (Lipinski definition) is 2. The van der Waals surface area contributed by atoms with Gasteiger partial charge < -0.3 is 9.84 Å². The van der Waals surface area contributed by atoms with E-state index in [1.807, 2.05) is 0 Å². The molecule has 2 rings (SSSR count). The number of phenolic OH excluding ortho intramolecular Hbond substituents is 1. The molecule has 0 saturated carbocycles. The molecule has 0 unspecified atom stereocenters. The number of aromatic hydroxyl groups is 1. The van der Waals surface area contributed by atoms with Gasteiger partial charge in [0.1, 0.15) is 11.5 Å². The summed E-state index contributed by atoms with van der Waals surface area (Å²) in [6.07, 6.45) is 1.50. The monoisotopic (exact) mass is 270 g/mol. The minimum Gasteiger partial charge on any atom is -0.508 e. The Balaban J connectivity index is 1.99. The predicted molar refractivity (Wildman–Crippen MR) is 76.2 cm³/mol. The Bertz CT molecular complexity index is 621. The van der Waals surface area contributed by atoms with E-state index < -0.39 is 0 Å². The van der Waals surface area contributed by atoms with Crippen molar-refractivity contribution >= 4 is 12.1 Å². The molecular formula is C15H14N2O3. The number of hydrogen-bond acceptors (Lipinski definition) is 4. The zero-order valence-electron chi connectivity index (χ0n) is 10.9. The SMILES string of the molecule is COc1cccc(C(=O)N/N=C/c2ccc(O)cc2)c1. The summed E-state index contributed by atoms with van der Waals surface area (Å²) >= 11 is 0. The highest BCUT2D eigenvalue weighted by molar-refractivity contribution is 5.95. The van der Waals surface area contributed by atoms with Crippen molar-refractivity contribution in [3.8, 4) is 11.5 Å². The van der Waals surface area contributed by atoms with Gasteiger partial charge in [-0.15, -0.1) is 0 Å². The molecule has 102 valence electrons. The summed E-state index contributed by atoms with van der Waals surface area (Å²) in [5.41, 5.74) is 3.66. The van der Waals surface area contributed by atoms with Gasteiger partial charge in [-0.25, -0.2) is 5.43 Å². The summed E-state index contributed by atoms with van der Waals surface area (Å²) in [4.78, 5) is 11.8. The van der Waals surface area contributed by atoms with Crippen LogP contribution >= 0.6 is 0 Å². The number of nitrogens with one attached hydrogen (secondary N) is 1. The zero-order chi connectivity index (χ0) is 14.4. The maximum absolute atomic E-state index is 11.8. The molecular weight excluding hydrogens is 256 g/mol. The van der Waals surface area contributed by atoms with Crippen LogP contribution < -0.4 is 10.2 Å². The number of methoxy groups -OCH3 is 1. The highest BCUT2D eigenvalue weighted by atomic mass is 16.5. The average Bonchev–Trinajstić information content (AvgIpc) is 2.49. The quantitative estimate of drug-likeness (QED) is 0.660. The first-order valence-electron chi connectivity index (χ1n) is 5.95. The van der Waals surface area contributed by atoms with Crippen LogP contribution in [0.4, 0.5) is 0 Å². The van der Waals surface area contributed by atoms with E-state index in [9.17, 15) is 4.79 Å². The summed E-state index contributed by atoms with van der Waals surface area (Å²) in [7, 11) is 1.54. The molecule has 0 aliphatic heterocycles. The maximum Gasteiger partial charge on any atom is 0.271 e. The number of phenols is 1. The van der Waals surface area contributed by atoms with Gasteiger partial charge in [0.05, 0.1) is 13.3 Å². The number of ether oxygens (including phenoxy) is 1. The highest BCUT2D eigenvalue weighted by Gasteiger charge is 2.04. The van der Waals surface area contributed by atoms with Gasteiger partial charge in [0.25, 0.3) is 5.91 Å². The molecule has 0 aliphatic rings. The Morgan fingerprint density at radius 1 is 1.25 bits per heavy atom. The van der Waals surface area contributed by atoms with Crippen molar-refractivity contribution in [3.63, 3.8) is 0 Å². The van der Waals surface area contributed by atoms with Gasteiger partial charge in [0, 0.05) is 5.56 Å². The van der Waals surface area contributed by atoms with E-state index in [0.717, 1.165) is 5.56 Å². The topological polar surface area (TPSA) is 70.9 Å². The third kappa shape index (κ3) is 3.58. The molecule has 5 heteroatoms. The fourth-order valence-corrected chi connectivity index (χ4v) is 1.55. The van der Waals surface area contributed by atoms with Gasteiger partial charge in [-0.05, 0) is 48.0 Å². The maximum atomic E-state index is 11.8. The Morgan fingerprint density at radius 3 is 2.70 bits per heavy atom. The fourth-order valence-electron chi connectivity index (χ4n) is 1.55. The second-order valence-electron chi connectivity index (χ2n) is 4.02. The molecule has 0 atom stereocenters. The first-order chi connectivity index (χ1) is 9.69. The minimum absolute atomic E-state index is 0.183. The standard InChI is InChI=1S/C15H14N2O3/c1-20-14-4-2-3-12(9-14)15(19)17-16-10-11-5-7-13(18)8-6-11/h2-10,18H,1H3,(H,17,19)/b16-10+. The second-order valence-corrected chi connectivity index (χ2v) is 4.02. The lowest BCUT2D eigenvalue weighted by atomic mass is 10.2. The average molecular weight is 270 g/mol. The van der Waals surface area contributed by atoms with Gasteiger partial charge in [-0.2, -0.15) is 5.10 Å². The number of hydrazone groups is 1. The highest BCUT2D eigenvalue weighted by Crippen LogP contribution is 2.12. The fraction of sp³-hybridized carbons (Fsp3) is 0.0667. The molecule has 0 saturated heterocycles. The largest absolute Gasteiger partial charge is 0.508 e.